The summed E-state index contributed by atoms with van der Waals surface area (Å²) in [4.78, 5) is 1.19. The molecule has 2 atom stereocenters. The maximum atomic E-state index is 9.45. The second kappa shape index (κ2) is 5.18. The van der Waals surface area contributed by atoms with Gasteiger partial charge in [0.1, 0.15) is 6.07 Å². The lowest BCUT2D eigenvalue weighted by atomic mass is 9.86. The number of hydrogen-bond acceptors (Lipinski definition) is 4. The average molecular weight is 250 g/mol. The quantitative estimate of drug-likeness (QED) is 0.862. The zero-order valence-corrected chi connectivity index (χ0v) is 10.9. The van der Waals surface area contributed by atoms with E-state index in [1.165, 1.54) is 11.3 Å². The highest BCUT2D eigenvalue weighted by Crippen LogP contribution is 2.37. The number of aliphatic hydroxyl groups is 1. The van der Waals surface area contributed by atoms with Gasteiger partial charge in [-0.3, -0.25) is 0 Å². The van der Waals surface area contributed by atoms with Crippen LogP contribution in [-0.2, 0) is 6.54 Å². The van der Waals surface area contributed by atoms with E-state index in [-0.39, 0.29) is 12.0 Å². The van der Waals surface area contributed by atoms with E-state index in [1.54, 1.807) is 11.3 Å². The molecule has 2 rings (SSSR count). The van der Waals surface area contributed by atoms with E-state index in [1.807, 2.05) is 11.4 Å². The molecule has 2 N–H and O–H groups in total. The van der Waals surface area contributed by atoms with Crippen LogP contribution in [0.2, 0.25) is 0 Å². The molecule has 17 heavy (non-hydrogen) atoms. The molecule has 1 aliphatic carbocycles. The van der Waals surface area contributed by atoms with Gasteiger partial charge in [-0.05, 0) is 18.9 Å². The summed E-state index contributed by atoms with van der Waals surface area (Å²) in [7, 11) is 0. The van der Waals surface area contributed by atoms with Gasteiger partial charge in [-0.2, -0.15) is 5.26 Å². The molecule has 1 aromatic heterocycles. The van der Waals surface area contributed by atoms with Gasteiger partial charge in [0.15, 0.2) is 0 Å². The highest BCUT2D eigenvalue weighted by Gasteiger charge is 2.37. The number of nitrogens with zero attached hydrogens (tertiary/aromatic N) is 1. The maximum absolute atomic E-state index is 9.45. The molecule has 0 radical (unpaired) electrons. The van der Waals surface area contributed by atoms with Crippen molar-refractivity contribution in [3.8, 4) is 6.07 Å². The van der Waals surface area contributed by atoms with E-state index in [0.717, 1.165) is 24.9 Å². The molecular formula is C13H18N2OS. The third-order valence-electron chi connectivity index (χ3n) is 3.75. The summed E-state index contributed by atoms with van der Waals surface area (Å²) in [5.41, 5.74) is 0.762. The first-order valence-electron chi connectivity index (χ1n) is 6.00. The largest absolute Gasteiger partial charge is 0.396 e. The predicted molar refractivity (Wildman–Crippen MR) is 68.7 cm³/mol. The molecule has 1 saturated carbocycles. The van der Waals surface area contributed by atoms with Crippen molar-refractivity contribution in [3.05, 3.63) is 21.9 Å². The Bertz CT molecular complexity index is 423. The van der Waals surface area contributed by atoms with Gasteiger partial charge < -0.3 is 10.4 Å². The Morgan fingerprint density at radius 1 is 1.71 bits per heavy atom. The van der Waals surface area contributed by atoms with Crippen LogP contribution in [0.1, 0.15) is 36.6 Å². The van der Waals surface area contributed by atoms with Gasteiger partial charge in [-0.1, -0.05) is 13.3 Å². The van der Waals surface area contributed by atoms with Gasteiger partial charge in [0.2, 0.25) is 0 Å². The second-order valence-electron chi connectivity index (χ2n) is 5.05. The zero-order chi connectivity index (χ0) is 12.3. The van der Waals surface area contributed by atoms with E-state index in [2.05, 4.69) is 18.3 Å². The molecule has 0 aliphatic heterocycles. The van der Waals surface area contributed by atoms with E-state index in [0.29, 0.717) is 6.04 Å². The summed E-state index contributed by atoms with van der Waals surface area (Å²) in [6.07, 6.45) is 3.41. The minimum atomic E-state index is 0.0231. The summed E-state index contributed by atoms with van der Waals surface area (Å²) < 4.78 is 0. The minimum Gasteiger partial charge on any atom is -0.396 e. The third kappa shape index (κ3) is 2.68. The van der Waals surface area contributed by atoms with Crippen LogP contribution in [0, 0.1) is 16.7 Å². The fraction of sp³-hybridized carbons (Fsp3) is 0.615. The standard InChI is InChI=1S/C13H18N2OS/c1-13(9-16)4-2-3-12(13)15-7-11-5-10(6-14)8-17-11/h5,8,12,15-16H,2-4,7,9H2,1H3. The minimum absolute atomic E-state index is 0.0231. The van der Waals surface area contributed by atoms with Gasteiger partial charge >= 0.3 is 0 Å². The Morgan fingerprint density at radius 2 is 2.53 bits per heavy atom. The topological polar surface area (TPSA) is 56.0 Å². The number of aliphatic hydroxyl groups excluding tert-OH is 1. The smallest absolute Gasteiger partial charge is 0.100 e. The summed E-state index contributed by atoms with van der Waals surface area (Å²) >= 11 is 1.62. The fourth-order valence-electron chi connectivity index (χ4n) is 2.53. The number of hydrogen-bond donors (Lipinski definition) is 2. The molecule has 4 heteroatoms. The monoisotopic (exact) mass is 250 g/mol. The SMILES string of the molecule is CC1(CO)CCCC1NCc1cc(C#N)cs1. The molecule has 1 aromatic rings. The molecule has 1 aliphatic rings. The predicted octanol–water partition coefficient (Wildman–Crippen LogP) is 2.26. The van der Waals surface area contributed by atoms with Crippen LogP contribution in [0.15, 0.2) is 11.4 Å². The van der Waals surface area contributed by atoms with Crippen LogP contribution < -0.4 is 5.32 Å². The lowest BCUT2D eigenvalue weighted by Crippen LogP contribution is -2.41. The highest BCUT2D eigenvalue weighted by molar-refractivity contribution is 7.10. The van der Waals surface area contributed by atoms with Crippen molar-refractivity contribution in [1.29, 1.82) is 5.26 Å². The lowest BCUT2D eigenvalue weighted by Gasteiger charge is -2.30. The molecule has 0 amide bonds. The van der Waals surface area contributed by atoms with E-state index >= 15 is 0 Å². The summed E-state index contributed by atoms with van der Waals surface area (Å²) in [5.74, 6) is 0. The normalized spacial score (nSPS) is 28.2. The van der Waals surface area contributed by atoms with Crippen LogP contribution in [0.3, 0.4) is 0 Å². The summed E-state index contributed by atoms with van der Waals surface area (Å²) in [6.45, 7) is 3.19. The van der Waals surface area contributed by atoms with Crippen LogP contribution in [-0.4, -0.2) is 17.8 Å². The molecule has 1 heterocycles. The van der Waals surface area contributed by atoms with Crippen LogP contribution >= 0.6 is 11.3 Å². The van der Waals surface area contributed by atoms with Crippen molar-refractivity contribution in [2.45, 2.75) is 38.8 Å². The van der Waals surface area contributed by atoms with E-state index in [9.17, 15) is 5.11 Å². The Labute approximate surface area is 106 Å². The van der Waals surface area contributed by atoms with E-state index < -0.39 is 0 Å². The molecule has 2 unspecified atom stereocenters. The molecule has 3 nitrogen and oxygen atoms in total. The van der Waals surface area contributed by atoms with Crippen LogP contribution in [0.5, 0.6) is 0 Å². The van der Waals surface area contributed by atoms with Gasteiger partial charge in [0, 0.05) is 34.9 Å². The number of thiophene rings is 1. The summed E-state index contributed by atoms with van der Waals surface area (Å²) in [6, 6.07) is 4.47. The fourth-order valence-corrected chi connectivity index (χ4v) is 3.29. The van der Waals surface area contributed by atoms with Crippen molar-refractivity contribution >= 4 is 11.3 Å². The van der Waals surface area contributed by atoms with Crippen molar-refractivity contribution in [3.63, 3.8) is 0 Å². The number of nitriles is 1. The molecule has 1 fully saturated rings. The van der Waals surface area contributed by atoms with Crippen LogP contribution in [0.4, 0.5) is 0 Å². The first-order valence-corrected chi connectivity index (χ1v) is 6.88. The van der Waals surface area contributed by atoms with Crippen molar-refractivity contribution in [2.24, 2.45) is 5.41 Å². The van der Waals surface area contributed by atoms with Crippen LogP contribution in [0.25, 0.3) is 0 Å². The maximum Gasteiger partial charge on any atom is 0.100 e. The van der Waals surface area contributed by atoms with Crippen molar-refractivity contribution in [1.82, 2.24) is 5.32 Å². The van der Waals surface area contributed by atoms with Crippen molar-refractivity contribution in [2.75, 3.05) is 6.61 Å². The molecule has 0 bridgehead atoms. The number of rotatable bonds is 4. The Balaban J connectivity index is 1.92. The van der Waals surface area contributed by atoms with Gasteiger partial charge in [-0.25, -0.2) is 0 Å². The average Bonchev–Trinajstić information content (AvgIpc) is 2.94. The Morgan fingerprint density at radius 3 is 3.18 bits per heavy atom. The first-order chi connectivity index (χ1) is 8.18. The Kier molecular flexibility index (Phi) is 3.82. The molecule has 92 valence electrons. The van der Waals surface area contributed by atoms with Gasteiger partial charge in [0.05, 0.1) is 5.56 Å². The second-order valence-corrected chi connectivity index (χ2v) is 6.05. The zero-order valence-electron chi connectivity index (χ0n) is 10.1. The third-order valence-corrected chi connectivity index (χ3v) is 4.69. The van der Waals surface area contributed by atoms with E-state index in [4.69, 9.17) is 5.26 Å². The first kappa shape index (κ1) is 12.6. The molecule has 0 spiro atoms. The Hall–Kier alpha value is -0.890. The molecule has 0 saturated heterocycles. The molecular weight excluding hydrogens is 232 g/mol. The number of nitrogens with one attached hydrogen (secondary N) is 1. The lowest BCUT2D eigenvalue weighted by molar-refractivity contribution is 0.118. The van der Waals surface area contributed by atoms with Gasteiger partial charge in [-0.15, -0.1) is 11.3 Å². The summed E-state index contributed by atoms with van der Waals surface area (Å²) in [5, 5.41) is 23.6. The van der Waals surface area contributed by atoms with Crippen molar-refractivity contribution < 1.29 is 5.11 Å². The molecule has 0 aromatic carbocycles. The highest BCUT2D eigenvalue weighted by atomic mass is 32.1. The van der Waals surface area contributed by atoms with Gasteiger partial charge in [0.25, 0.3) is 0 Å².